The van der Waals surface area contributed by atoms with Crippen LogP contribution in [0.15, 0.2) is 24.3 Å². The van der Waals surface area contributed by atoms with Crippen molar-refractivity contribution in [2.45, 2.75) is 46.0 Å². The molecule has 3 nitrogen and oxygen atoms in total. The van der Waals surface area contributed by atoms with Crippen LogP contribution in [-0.2, 0) is 4.79 Å². The molecule has 0 radical (unpaired) electrons. The lowest BCUT2D eigenvalue weighted by Crippen LogP contribution is -2.17. The Bertz CT molecular complexity index is 431. The van der Waals surface area contributed by atoms with Gasteiger partial charge in [-0.3, -0.25) is 4.79 Å². The van der Waals surface area contributed by atoms with Crippen molar-refractivity contribution in [3.63, 3.8) is 0 Å². The first-order valence-electron chi connectivity index (χ1n) is 6.89. The van der Waals surface area contributed by atoms with Crippen LogP contribution in [0.1, 0.15) is 51.5 Å². The molecule has 0 amide bonds. The Morgan fingerprint density at radius 1 is 1.26 bits per heavy atom. The number of nitriles is 1. The molecule has 19 heavy (non-hydrogen) atoms. The highest BCUT2D eigenvalue weighted by Crippen LogP contribution is 2.16. The van der Waals surface area contributed by atoms with Gasteiger partial charge in [0, 0.05) is 0 Å². The van der Waals surface area contributed by atoms with Crippen LogP contribution in [0.5, 0.6) is 5.75 Å². The zero-order chi connectivity index (χ0) is 14.1. The van der Waals surface area contributed by atoms with Crippen molar-refractivity contribution in [3.8, 4) is 11.8 Å². The molecular formula is C16H21NO2. The monoisotopic (exact) mass is 259 g/mol. The summed E-state index contributed by atoms with van der Waals surface area (Å²) < 4.78 is 5.28. The van der Waals surface area contributed by atoms with Crippen molar-refractivity contribution < 1.29 is 9.53 Å². The van der Waals surface area contributed by atoms with E-state index in [2.05, 4.69) is 6.92 Å². The quantitative estimate of drug-likeness (QED) is 0.421. The van der Waals surface area contributed by atoms with E-state index in [1.54, 1.807) is 24.3 Å². The van der Waals surface area contributed by atoms with E-state index in [0.717, 1.165) is 12.8 Å². The number of esters is 1. The number of unbranched alkanes of at least 4 members (excludes halogenated alkanes) is 3. The molecule has 0 aliphatic heterocycles. The maximum atomic E-state index is 11.8. The first kappa shape index (κ1) is 15.2. The third-order valence-corrected chi connectivity index (χ3v) is 3.09. The van der Waals surface area contributed by atoms with E-state index in [1.165, 1.54) is 19.3 Å². The Balaban J connectivity index is 2.38. The van der Waals surface area contributed by atoms with E-state index in [4.69, 9.17) is 10.00 Å². The van der Waals surface area contributed by atoms with Gasteiger partial charge in [0.15, 0.2) is 0 Å². The number of nitrogens with zero attached hydrogens (tertiary/aromatic N) is 1. The smallest absolute Gasteiger partial charge is 0.314 e. The van der Waals surface area contributed by atoms with Crippen molar-refractivity contribution in [3.05, 3.63) is 29.8 Å². The lowest BCUT2D eigenvalue weighted by Gasteiger charge is -2.10. The largest absolute Gasteiger partial charge is 0.426 e. The van der Waals surface area contributed by atoms with Crippen LogP contribution in [0, 0.1) is 17.2 Å². The SMILES string of the molecule is CCCCCCC(C)C(=O)Oc1ccc(C#N)cc1. The van der Waals surface area contributed by atoms with E-state index < -0.39 is 0 Å². The van der Waals surface area contributed by atoms with E-state index in [-0.39, 0.29) is 11.9 Å². The van der Waals surface area contributed by atoms with E-state index in [1.807, 2.05) is 13.0 Å². The van der Waals surface area contributed by atoms with Gasteiger partial charge in [0.25, 0.3) is 0 Å². The Labute approximate surface area is 115 Å². The van der Waals surface area contributed by atoms with Crippen molar-refractivity contribution in [2.24, 2.45) is 5.92 Å². The fourth-order valence-corrected chi connectivity index (χ4v) is 1.81. The molecule has 0 heterocycles. The van der Waals surface area contributed by atoms with Crippen LogP contribution >= 0.6 is 0 Å². The van der Waals surface area contributed by atoms with Gasteiger partial charge in [-0.25, -0.2) is 0 Å². The molecule has 0 spiro atoms. The highest BCUT2D eigenvalue weighted by molar-refractivity contribution is 5.74. The van der Waals surface area contributed by atoms with Crippen LogP contribution in [0.3, 0.4) is 0 Å². The molecule has 0 aromatic heterocycles. The summed E-state index contributed by atoms with van der Waals surface area (Å²) in [7, 11) is 0. The van der Waals surface area contributed by atoms with Crippen molar-refractivity contribution in [1.82, 2.24) is 0 Å². The molecular weight excluding hydrogens is 238 g/mol. The molecule has 1 aromatic rings. The van der Waals surface area contributed by atoms with E-state index in [9.17, 15) is 4.79 Å². The fraction of sp³-hybridized carbons (Fsp3) is 0.500. The molecule has 0 saturated heterocycles. The zero-order valence-electron chi connectivity index (χ0n) is 11.7. The second-order valence-electron chi connectivity index (χ2n) is 4.81. The molecule has 0 bridgehead atoms. The summed E-state index contributed by atoms with van der Waals surface area (Å²) in [6.45, 7) is 4.07. The molecule has 1 unspecified atom stereocenters. The Hall–Kier alpha value is -1.82. The molecule has 102 valence electrons. The maximum absolute atomic E-state index is 11.8. The minimum atomic E-state index is -0.193. The summed E-state index contributed by atoms with van der Waals surface area (Å²) in [6.07, 6.45) is 5.53. The molecule has 0 saturated carbocycles. The molecule has 0 fully saturated rings. The predicted octanol–water partition coefficient (Wildman–Crippen LogP) is 4.07. The minimum absolute atomic E-state index is 0.0764. The Morgan fingerprint density at radius 3 is 2.53 bits per heavy atom. The lowest BCUT2D eigenvalue weighted by molar-refractivity contribution is -0.138. The Kier molecular flexibility index (Phi) is 6.67. The minimum Gasteiger partial charge on any atom is -0.426 e. The molecule has 0 aliphatic rings. The summed E-state index contributed by atoms with van der Waals surface area (Å²) in [5, 5.41) is 8.68. The summed E-state index contributed by atoms with van der Waals surface area (Å²) >= 11 is 0. The third kappa shape index (κ3) is 5.56. The van der Waals surface area contributed by atoms with Crippen LogP contribution in [0.2, 0.25) is 0 Å². The van der Waals surface area contributed by atoms with Gasteiger partial charge in [0.05, 0.1) is 17.6 Å². The summed E-state index contributed by atoms with van der Waals surface area (Å²) in [4.78, 5) is 11.8. The topological polar surface area (TPSA) is 50.1 Å². The van der Waals surface area contributed by atoms with Gasteiger partial charge in [-0.1, -0.05) is 39.5 Å². The van der Waals surface area contributed by atoms with Crippen LogP contribution in [0.4, 0.5) is 0 Å². The number of benzene rings is 1. The first-order chi connectivity index (χ1) is 9.17. The maximum Gasteiger partial charge on any atom is 0.314 e. The number of carbonyl (C=O) groups is 1. The van der Waals surface area contributed by atoms with Crippen LogP contribution in [0.25, 0.3) is 0 Å². The third-order valence-electron chi connectivity index (χ3n) is 3.09. The number of rotatable bonds is 7. The number of ether oxygens (including phenoxy) is 1. The summed E-state index contributed by atoms with van der Waals surface area (Å²) in [5.41, 5.74) is 0.562. The summed E-state index contributed by atoms with van der Waals surface area (Å²) in [6, 6.07) is 8.63. The van der Waals surface area contributed by atoms with Crippen molar-refractivity contribution in [1.29, 1.82) is 5.26 Å². The number of hydrogen-bond donors (Lipinski definition) is 0. The Morgan fingerprint density at radius 2 is 1.95 bits per heavy atom. The van der Waals surface area contributed by atoms with E-state index >= 15 is 0 Å². The average Bonchev–Trinajstić information content (AvgIpc) is 2.44. The normalized spacial score (nSPS) is 11.6. The summed E-state index contributed by atoms with van der Waals surface area (Å²) in [5.74, 6) is 0.234. The van der Waals surface area contributed by atoms with Gasteiger partial charge in [0.2, 0.25) is 0 Å². The number of carbonyl (C=O) groups excluding carboxylic acids is 1. The first-order valence-corrected chi connectivity index (χ1v) is 6.89. The van der Waals surface area contributed by atoms with Crippen molar-refractivity contribution in [2.75, 3.05) is 0 Å². The van der Waals surface area contributed by atoms with E-state index in [0.29, 0.717) is 11.3 Å². The standard InChI is InChI=1S/C16H21NO2/c1-3-4-5-6-7-13(2)16(18)19-15-10-8-14(12-17)9-11-15/h8-11,13H,3-7H2,1-2H3. The molecule has 3 heteroatoms. The molecule has 1 atom stereocenters. The zero-order valence-corrected chi connectivity index (χ0v) is 11.7. The van der Waals surface area contributed by atoms with Crippen LogP contribution < -0.4 is 4.74 Å². The second-order valence-corrected chi connectivity index (χ2v) is 4.81. The van der Waals surface area contributed by atoms with Gasteiger partial charge >= 0.3 is 5.97 Å². The molecule has 1 rings (SSSR count). The van der Waals surface area contributed by atoms with Gasteiger partial charge in [0.1, 0.15) is 5.75 Å². The van der Waals surface area contributed by atoms with Crippen molar-refractivity contribution >= 4 is 5.97 Å². The molecule has 0 N–H and O–H groups in total. The molecule has 0 aliphatic carbocycles. The fourth-order valence-electron chi connectivity index (χ4n) is 1.81. The average molecular weight is 259 g/mol. The number of hydrogen-bond acceptors (Lipinski definition) is 3. The van der Waals surface area contributed by atoms with Gasteiger partial charge in [-0.15, -0.1) is 0 Å². The highest BCUT2D eigenvalue weighted by Gasteiger charge is 2.14. The lowest BCUT2D eigenvalue weighted by atomic mass is 10.0. The predicted molar refractivity (Wildman–Crippen MR) is 74.7 cm³/mol. The molecule has 1 aromatic carbocycles. The van der Waals surface area contributed by atoms with Crippen LogP contribution in [-0.4, -0.2) is 5.97 Å². The second kappa shape index (κ2) is 8.31. The van der Waals surface area contributed by atoms with Gasteiger partial charge in [-0.05, 0) is 30.7 Å². The highest BCUT2D eigenvalue weighted by atomic mass is 16.5. The van der Waals surface area contributed by atoms with Gasteiger partial charge < -0.3 is 4.74 Å². The van der Waals surface area contributed by atoms with Gasteiger partial charge in [-0.2, -0.15) is 5.26 Å².